The molecule has 0 unspecified atom stereocenters. The second-order valence-electron chi connectivity index (χ2n) is 3.73. The largest absolute Gasteiger partial charge is 0.464 e. The molecule has 1 aromatic carbocycles. The van der Waals surface area contributed by atoms with E-state index >= 15 is 0 Å². The molecule has 0 saturated carbocycles. The van der Waals surface area contributed by atoms with Gasteiger partial charge in [0.1, 0.15) is 5.82 Å². The smallest absolute Gasteiger partial charge is 0.322 e. The number of nitrogens with zero attached hydrogens (tertiary/aromatic N) is 3. The van der Waals surface area contributed by atoms with Crippen molar-refractivity contribution in [1.82, 2.24) is 15.0 Å². The van der Waals surface area contributed by atoms with Gasteiger partial charge in [0.2, 0.25) is 11.2 Å². The summed E-state index contributed by atoms with van der Waals surface area (Å²) in [7, 11) is 0. The standard InChI is InChI=1S/C12H12ClFN4O/c1-3-19-12-17-10(13)16-11(18-12)15-9-5-4-8(14)6-7(9)2/h4-6H,3H2,1-2H3,(H,15,16,17,18). The fourth-order valence-corrected chi connectivity index (χ4v) is 1.62. The third-order valence-electron chi connectivity index (χ3n) is 2.30. The second kappa shape index (κ2) is 5.79. The number of hydrogen-bond donors (Lipinski definition) is 1. The summed E-state index contributed by atoms with van der Waals surface area (Å²) in [6.07, 6.45) is 0. The maximum atomic E-state index is 13.0. The van der Waals surface area contributed by atoms with E-state index in [2.05, 4.69) is 20.3 Å². The Morgan fingerprint density at radius 2 is 2.11 bits per heavy atom. The van der Waals surface area contributed by atoms with Crippen LogP contribution in [0, 0.1) is 12.7 Å². The van der Waals surface area contributed by atoms with Crippen molar-refractivity contribution < 1.29 is 9.13 Å². The van der Waals surface area contributed by atoms with Crippen molar-refractivity contribution >= 4 is 23.2 Å². The Labute approximate surface area is 114 Å². The molecule has 0 aliphatic rings. The lowest BCUT2D eigenvalue weighted by atomic mass is 10.2. The SMILES string of the molecule is CCOc1nc(Cl)nc(Nc2ccc(F)cc2C)n1. The van der Waals surface area contributed by atoms with Crippen LogP contribution in [0.15, 0.2) is 18.2 Å². The number of hydrogen-bond acceptors (Lipinski definition) is 5. The Morgan fingerprint density at radius 1 is 1.32 bits per heavy atom. The molecule has 5 nitrogen and oxygen atoms in total. The van der Waals surface area contributed by atoms with Crippen LogP contribution in [-0.4, -0.2) is 21.6 Å². The molecule has 0 fully saturated rings. The lowest BCUT2D eigenvalue weighted by molar-refractivity contribution is 0.312. The highest BCUT2D eigenvalue weighted by Gasteiger charge is 2.07. The van der Waals surface area contributed by atoms with Crippen molar-refractivity contribution in [3.63, 3.8) is 0 Å². The van der Waals surface area contributed by atoms with E-state index in [1.807, 2.05) is 6.92 Å². The average Bonchev–Trinajstić information content (AvgIpc) is 2.32. The van der Waals surface area contributed by atoms with Gasteiger partial charge < -0.3 is 10.1 Å². The van der Waals surface area contributed by atoms with E-state index in [4.69, 9.17) is 16.3 Å². The predicted octanol–water partition coefficient (Wildman–Crippen LogP) is 3.11. The van der Waals surface area contributed by atoms with Gasteiger partial charge in [-0.2, -0.15) is 15.0 Å². The van der Waals surface area contributed by atoms with Crippen LogP contribution in [0.1, 0.15) is 12.5 Å². The lowest BCUT2D eigenvalue weighted by Gasteiger charge is -2.09. The zero-order chi connectivity index (χ0) is 13.8. The molecule has 0 bridgehead atoms. The van der Waals surface area contributed by atoms with Crippen LogP contribution < -0.4 is 10.1 Å². The number of rotatable bonds is 4. The summed E-state index contributed by atoms with van der Waals surface area (Å²) in [5.41, 5.74) is 1.42. The first kappa shape index (κ1) is 13.5. The number of nitrogens with one attached hydrogen (secondary N) is 1. The van der Waals surface area contributed by atoms with Crippen molar-refractivity contribution in [2.45, 2.75) is 13.8 Å². The van der Waals surface area contributed by atoms with Crippen LogP contribution in [0.5, 0.6) is 6.01 Å². The predicted molar refractivity (Wildman–Crippen MR) is 70.4 cm³/mol. The molecule has 0 atom stereocenters. The molecule has 0 saturated heterocycles. The molecule has 1 aromatic heterocycles. The summed E-state index contributed by atoms with van der Waals surface area (Å²) in [6, 6.07) is 4.50. The molecule has 0 radical (unpaired) electrons. The highest BCUT2D eigenvalue weighted by Crippen LogP contribution is 2.20. The fourth-order valence-electron chi connectivity index (χ4n) is 1.47. The van der Waals surface area contributed by atoms with E-state index in [0.717, 1.165) is 5.56 Å². The molecule has 7 heteroatoms. The zero-order valence-corrected chi connectivity index (χ0v) is 11.2. The fraction of sp³-hybridized carbons (Fsp3) is 0.250. The third-order valence-corrected chi connectivity index (χ3v) is 2.46. The highest BCUT2D eigenvalue weighted by atomic mass is 35.5. The summed E-state index contributed by atoms with van der Waals surface area (Å²) in [5.74, 6) is -0.0510. The molecule has 2 aromatic rings. The van der Waals surface area contributed by atoms with Gasteiger partial charge in [0.05, 0.1) is 6.61 Å². The van der Waals surface area contributed by atoms with Crippen molar-refractivity contribution in [2.75, 3.05) is 11.9 Å². The Bertz CT molecular complexity index is 594. The Kier molecular flexibility index (Phi) is 4.11. The quantitative estimate of drug-likeness (QED) is 0.933. The molecular weight excluding hydrogens is 271 g/mol. The highest BCUT2D eigenvalue weighted by molar-refractivity contribution is 6.28. The Balaban J connectivity index is 2.27. The molecule has 0 aliphatic carbocycles. The van der Waals surface area contributed by atoms with Gasteiger partial charge in [-0.05, 0) is 49.2 Å². The molecule has 1 N–H and O–H groups in total. The Hall–Kier alpha value is -1.95. The molecule has 2 rings (SSSR count). The molecule has 100 valence electrons. The molecule has 1 heterocycles. The van der Waals surface area contributed by atoms with Gasteiger partial charge >= 0.3 is 6.01 Å². The summed E-state index contributed by atoms with van der Waals surface area (Å²) in [5, 5.41) is 2.97. The van der Waals surface area contributed by atoms with Gasteiger partial charge in [-0.15, -0.1) is 0 Å². The second-order valence-corrected chi connectivity index (χ2v) is 4.07. The zero-order valence-electron chi connectivity index (χ0n) is 10.4. The van der Waals surface area contributed by atoms with Crippen molar-refractivity contribution in [3.05, 3.63) is 34.9 Å². The van der Waals surface area contributed by atoms with Gasteiger partial charge in [-0.1, -0.05) is 0 Å². The van der Waals surface area contributed by atoms with Crippen LogP contribution in [-0.2, 0) is 0 Å². The summed E-state index contributed by atoms with van der Waals surface area (Å²) < 4.78 is 18.2. The van der Waals surface area contributed by atoms with Crippen LogP contribution in [0.4, 0.5) is 16.0 Å². The van der Waals surface area contributed by atoms with E-state index in [1.165, 1.54) is 12.1 Å². The topological polar surface area (TPSA) is 59.9 Å². The maximum absolute atomic E-state index is 13.0. The van der Waals surface area contributed by atoms with Gasteiger partial charge in [-0.3, -0.25) is 0 Å². The molecule has 0 amide bonds. The van der Waals surface area contributed by atoms with Gasteiger partial charge in [0.15, 0.2) is 0 Å². The van der Waals surface area contributed by atoms with E-state index in [-0.39, 0.29) is 23.1 Å². The van der Waals surface area contributed by atoms with Crippen LogP contribution in [0.3, 0.4) is 0 Å². The van der Waals surface area contributed by atoms with Gasteiger partial charge in [0.25, 0.3) is 0 Å². The first-order valence-corrected chi connectivity index (χ1v) is 6.04. The van der Waals surface area contributed by atoms with Gasteiger partial charge in [0, 0.05) is 5.69 Å². The van der Waals surface area contributed by atoms with Gasteiger partial charge in [-0.25, -0.2) is 4.39 Å². The molecule has 0 aliphatic heterocycles. The third kappa shape index (κ3) is 3.51. The minimum atomic E-state index is -0.299. The first-order valence-electron chi connectivity index (χ1n) is 5.66. The number of aromatic nitrogens is 3. The van der Waals surface area contributed by atoms with Crippen molar-refractivity contribution in [3.8, 4) is 6.01 Å². The molecular formula is C12H12ClFN4O. The Morgan fingerprint density at radius 3 is 2.79 bits per heavy atom. The number of anilines is 2. The normalized spacial score (nSPS) is 10.3. The summed E-state index contributed by atoms with van der Waals surface area (Å²) in [6.45, 7) is 4.02. The monoisotopic (exact) mass is 282 g/mol. The van der Waals surface area contributed by atoms with Crippen LogP contribution in [0.25, 0.3) is 0 Å². The van der Waals surface area contributed by atoms with E-state index < -0.39 is 0 Å². The van der Waals surface area contributed by atoms with E-state index in [1.54, 1.807) is 13.0 Å². The summed E-state index contributed by atoms with van der Waals surface area (Å²) >= 11 is 5.77. The first-order chi connectivity index (χ1) is 9.08. The van der Waals surface area contributed by atoms with Crippen LogP contribution >= 0.6 is 11.6 Å². The summed E-state index contributed by atoms with van der Waals surface area (Å²) in [4.78, 5) is 11.8. The number of aryl methyl sites for hydroxylation is 1. The van der Waals surface area contributed by atoms with E-state index in [0.29, 0.717) is 12.3 Å². The van der Waals surface area contributed by atoms with Crippen LogP contribution in [0.2, 0.25) is 5.28 Å². The van der Waals surface area contributed by atoms with E-state index in [9.17, 15) is 4.39 Å². The molecule has 0 spiro atoms. The van der Waals surface area contributed by atoms with Crippen molar-refractivity contribution in [2.24, 2.45) is 0 Å². The number of benzene rings is 1. The molecule has 19 heavy (non-hydrogen) atoms. The minimum absolute atomic E-state index is 0.0284. The average molecular weight is 283 g/mol. The number of halogens is 2. The number of ether oxygens (including phenoxy) is 1. The lowest BCUT2D eigenvalue weighted by Crippen LogP contribution is -2.04. The van der Waals surface area contributed by atoms with Crippen molar-refractivity contribution in [1.29, 1.82) is 0 Å². The minimum Gasteiger partial charge on any atom is -0.464 e. The maximum Gasteiger partial charge on any atom is 0.322 e.